The number of aromatic nitrogens is 2. The van der Waals surface area contributed by atoms with Crippen LogP contribution in [-0.2, 0) is 0 Å². The highest BCUT2D eigenvalue weighted by Gasteiger charge is 2.08. The van der Waals surface area contributed by atoms with Crippen molar-refractivity contribution >= 4 is 34.5 Å². The summed E-state index contributed by atoms with van der Waals surface area (Å²) in [5.41, 5.74) is 0.780. The van der Waals surface area contributed by atoms with Gasteiger partial charge in [-0.25, -0.2) is 9.97 Å². The molecule has 0 aromatic carbocycles. The third-order valence-electron chi connectivity index (χ3n) is 1.66. The predicted octanol–water partition coefficient (Wildman–Crippen LogP) is 3.82. The average Bonchev–Trinajstić information content (AvgIpc) is 2.49. The number of hydrogen-bond donors (Lipinski definition) is 0. The Bertz CT molecular complexity index is 447. The van der Waals surface area contributed by atoms with Gasteiger partial charge in [0.25, 0.3) is 0 Å². The quantitative estimate of drug-likeness (QED) is 0.713. The van der Waals surface area contributed by atoms with Crippen molar-refractivity contribution in [3.63, 3.8) is 0 Å². The fourth-order valence-corrected chi connectivity index (χ4v) is 2.46. The van der Waals surface area contributed by atoms with Gasteiger partial charge in [-0.1, -0.05) is 23.2 Å². The van der Waals surface area contributed by atoms with E-state index in [-0.39, 0.29) is 0 Å². The molecule has 0 atom stereocenters. The minimum Gasteiger partial charge on any atom is -0.232 e. The van der Waals surface area contributed by atoms with Gasteiger partial charge in [-0.3, -0.25) is 0 Å². The highest BCUT2D eigenvalue weighted by atomic mass is 35.5. The summed E-state index contributed by atoms with van der Waals surface area (Å²) < 4.78 is 0. The largest absolute Gasteiger partial charge is 0.232 e. The Kier molecular flexibility index (Phi) is 2.72. The smallest absolute Gasteiger partial charge is 0.133 e. The Morgan fingerprint density at radius 1 is 1.29 bits per heavy atom. The van der Waals surface area contributed by atoms with E-state index < -0.39 is 0 Å². The molecule has 0 unspecified atom stereocenters. The minimum atomic E-state index is 0.442. The van der Waals surface area contributed by atoms with E-state index in [1.54, 1.807) is 13.0 Å². The van der Waals surface area contributed by atoms with Crippen molar-refractivity contribution in [2.24, 2.45) is 0 Å². The maximum Gasteiger partial charge on any atom is 0.133 e. The Balaban J connectivity index is 2.57. The summed E-state index contributed by atoms with van der Waals surface area (Å²) in [4.78, 5) is 9.19. The van der Waals surface area contributed by atoms with Gasteiger partial charge >= 0.3 is 0 Å². The van der Waals surface area contributed by atoms with Crippen LogP contribution in [0.3, 0.4) is 0 Å². The lowest BCUT2D eigenvalue weighted by atomic mass is 10.3. The number of aryl methyl sites for hydroxylation is 1. The van der Waals surface area contributed by atoms with Crippen LogP contribution in [0.5, 0.6) is 0 Å². The molecule has 2 aromatic rings. The number of halogens is 2. The Morgan fingerprint density at radius 2 is 2.07 bits per heavy atom. The molecule has 0 N–H and O–H groups in total. The second-order valence-electron chi connectivity index (χ2n) is 2.72. The SMILES string of the molecule is Cc1nc(Cl)cc(-c2sccc2Cl)n1. The van der Waals surface area contributed by atoms with E-state index in [0.717, 1.165) is 10.6 Å². The lowest BCUT2D eigenvalue weighted by Crippen LogP contribution is -1.90. The first-order chi connectivity index (χ1) is 6.66. The predicted molar refractivity (Wildman–Crippen MR) is 60.1 cm³/mol. The van der Waals surface area contributed by atoms with Crippen LogP contribution >= 0.6 is 34.5 Å². The molecule has 5 heteroatoms. The molecule has 0 amide bonds. The molecule has 0 aliphatic heterocycles. The molecule has 2 heterocycles. The van der Waals surface area contributed by atoms with Gasteiger partial charge in [-0.05, 0) is 18.4 Å². The van der Waals surface area contributed by atoms with Crippen LogP contribution in [0.2, 0.25) is 10.2 Å². The van der Waals surface area contributed by atoms with Crippen LogP contribution < -0.4 is 0 Å². The van der Waals surface area contributed by atoms with Crippen molar-refractivity contribution in [3.05, 3.63) is 33.5 Å². The Hall–Kier alpha value is -0.640. The van der Waals surface area contributed by atoms with E-state index >= 15 is 0 Å². The molecule has 0 fully saturated rings. The van der Waals surface area contributed by atoms with Crippen molar-refractivity contribution < 1.29 is 0 Å². The summed E-state index contributed by atoms with van der Waals surface area (Å²) >= 11 is 13.4. The van der Waals surface area contributed by atoms with E-state index in [2.05, 4.69) is 9.97 Å². The van der Waals surface area contributed by atoms with Gasteiger partial charge in [0, 0.05) is 6.07 Å². The summed E-state index contributed by atoms with van der Waals surface area (Å²) in [6, 6.07) is 3.55. The molecule has 0 aliphatic carbocycles. The minimum absolute atomic E-state index is 0.442. The molecular weight excluding hydrogens is 239 g/mol. The summed E-state index contributed by atoms with van der Waals surface area (Å²) in [5.74, 6) is 0.650. The highest BCUT2D eigenvalue weighted by Crippen LogP contribution is 2.32. The van der Waals surface area contributed by atoms with Gasteiger partial charge in [0.2, 0.25) is 0 Å². The fourth-order valence-electron chi connectivity index (χ4n) is 1.12. The molecule has 0 spiro atoms. The number of thiophene rings is 1. The van der Waals surface area contributed by atoms with E-state index in [9.17, 15) is 0 Å². The second-order valence-corrected chi connectivity index (χ2v) is 4.43. The van der Waals surface area contributed by atoms with Crippen molar-refractivity contribution in [1.29, 1.82) is 0 Å². The van der Waals surface area contributed by atoms with Gasteiger partial charge in [0.15, 0.2) is 0 Å². The van der Waals surface area contributed by atoms with Gasteiger partial charge < -0.3 is 0 Å². The van der Waals surface area contributed by atoms with Gasteiger partial charge in [-0.15, -0.1) is 11.3 Å². The molecule has 0 saturated carbocycles. The number of rotatable bonds is 1. The second kappa shape index (κ2) is 3.85. The monoisotopic (exact) mass is 244 g/mol. The molecule has 0 aliphatic rings. The topological polar surface area (TPSA) is 25.8 Å². The number of nitrogens with zero attached hydrogens (tertiary/aromatic N) is 2. The summed E-state index contributed by atoms with van der Waals surface area (Å²) in [7, 11) is 0. The first-order valence-electron chi connectivity index (χ1n) is 3.91. The van der Waals surface area contributed by atoms with E-state index in [4.69, 9.17) is 23.2 Å². The Labute approximate surface area is 95.5 Å². The van der Waals surface area contributed by atoms with Crippen LogP contribution in [0.25, 0.3) is 10.6 Å². The van der Waals surface area contributed by atoms with Crippen LogP contribution in [0.15, 0.2) is 17.5 Å². The number of hydrogen-bond acceptors (Lipinski definition) is 3. The van der Waals surface area contributed by atoms with Crippen molar-refractivity contribution in [2.45, 2.75) is 6.92 Å². The molecule has 2 aromatic heterocycles. The summed E-state index contributed by atoms with van der Waals surface area (Å²) in [5, 5.41) is 3.06. The standard InChI is InChI=1S/C9H6Cl2N2S/c1-5-12-7(4-8(11)13-5)9-6(10)2-3-14-9/h2-4H,1H3. The van der Waals surface area contributed by atoms with Crippen LogP contribution in [0.1, 0.15) is 5.82 Å². The van der Waals surface area contributed by atoms with E-state index in [1.165, 1.54) is 11.3 Å². The fraction of sp³-hybridized carbons (Fsp3) is 0.111. The van der Waals surface area contributed by atoms with E-state index in [0.29, 0.717) is 16.0 Å². The molecule has 0 saturated heterocycles. The van der Waals surface area contributed by atoms with Crippen molar-refractivity contribution in [2.75, 3.05) is 0 Å². The van der Waals surface area contributed by atoms with Gasteiger partial charge in [0.1, 0.15) is 11.0 Å². The lowest BCUT2D eigenvalue weighted by molar-refractivity contribution is 1.06. The zero-order valence-electron chi connectivity index (χ0n) is 7.29. The molecule has 2 nitrogen and oxygen atoms in total. The van der Waals surface area contributed by atoms with Gasteiger partial charge in [0.05, 0.1) is 15.6 Å². The zero-order chi connectivity index (χ0) is 10.1. The van der Waals surface area contributed by atoms with Crippen LogP contribution in [-0.4, -0.2) is 9.97 Å². The van der Waals surface area contributed by atoms with Gasteiger partial charge in [-0.2, -0.15) is 0 Å². The maximum atomic E-state index is 5.99. The first kappa shape index (κ1) is 9.90. The maximum absolute atomic E-state index is 5.99. The molecule has 0 bridgehead atoms. The van der Waals surface area contributed by atoms with Crippen molar-refractivity contribution in [3.8, 4) is 10.6 Å². The highest BCUT2D eigenvalue weighted by molar-refractivity contribution is 7.14. The normalized spacial score (nSPS) is 10.5. The zero-order valence-corrected chi connectivity index (χ0v) is 9.62. The molecule has 2 rings (SSSR count). The molecule has 72 valence electrons. The first-order valence-corrected chi connectivity index (χ1v) is 5.55. The summed E-state index contributed by atoms with van der Waals surface area (Å²) in [6.45, 7) is 1.80. The van der Waals surface area contributed by atoms with Crippen LogP contribution in [0.4, 0.5) is 0 Å². The molecule has 14 heavy (non-hydrogen) atoms. The lowest BCUT2D eigenvalue weighted by Gasteiger charge is -2.00. The van der Waals surface area contributed by atoms with E-state index in [1.807, 2.05) is 11.4 Å². The molecular formula is C9H6Cl2N2S. The van der Waals surface area contributed by atoms with Crippen molar-refractivity contribution in [1.82, 2.24) is 9.97 Å². The average molecular weight is 245 g/mol. The third-order valence-corrected chi connectivity index (χ3v) is 3.21. The van der Waals surface area contributed by atoms with Crippen LogP contribution in [0, 0.1) is 6.92 Å². The Morgan fingerprint density at radius 3 is 2.64 bits per heavy atom. The summed E-state index contributed by atoms with van der Waals surface area (Å²) in [6.07, 6.45) is 0. The third kappa shape index (κ3) is 1.90. The molecule has 0 radical (unpaired) electrons.